The quantitative estimate of drug-likeness (QED) is 0.479. The van der Waals surface area contributed by atoms with Gasteiger partial charge in [0.05, 0.1) is 0 Å². The van der Waals surface area contributed by atoms with E-state index in [0.29, 0.717) is 6.61 Å². The van der Waals surface area contributed by atoms with Crippen LogP contribution in [0.25, 0.3) is 0 Å². The van der Waals surface area contributed by atoms with Gasteiger partial charge in [0.25, 0.3) is 0 Å². The van der Waals surface area contributed by atoms with Crippen molar-refractivity contribution in [1.82, 2.24) is 4.90 Å². The van der Waals surface area contributed by atoms with Crippen LogP contribution in [0.4, 0.5) is 0 Å². The van der Waals surface area contributed by atoms with Gasteiger partial charge in [-0.05, 0) is 82.5 Å². The lowest BCUT2D eigenvalue weighted by Gasteiger charge is -2.14. The summed E-state index contributed by atoms with van der Waals surface area (Å²) in [4.78, 5) is 2.21. The van der Waals surface area contributed by atoms with Crippen LogP contribution in [0, 0.1) is 0 Å². The second kappa shape index (κ2) is 11.7. The molecule has 0 aromatic heterocycles. The van der Waals surface area contributed by atoms with Crippen LogP contribution in [0.2, 0.25) is 0 Å². The first kappa shape index (κ1) is 21.2. The predicted octanol–water partition coefficient (Wildman–Crippen LogP) is 5.97. The van der Waals surface area contributed by atoms with Gasteiger partial charge in [-0.1, -0.05) is 43.4 Å². The highest BCUT2D eigenvalue weighted by molar-refractivity contribution is 5.42. The smallest absolute Gasteiger partial charge is 0.119 e. The van der Waals surface area contributed by atoms with E-state index in [1.54, 1.807) is 0 Å². The SMILES string of the molecule is CC\C=C/C(C(/C)=C\CCN(C)C)=C(\C)COC1=CCC=CC=C1C. The Bertz CT molecular complexity index is 598. The molecule has 0 saturated heterocycles. The van der Waals surface area contributed by atoms with Crippen molar-refractivity contribution in [3.8, 4) is 0 Å². The molecule has 2 nitrogen and oxygen atoms in total. The van der Waals surface area contributed by atoms with E-state index in [9.17, 15) is 0 Å². The molecule has 0 aromatic rings. The van der Waals surface area contributed by atoms with Gasteiger partial charge in [-0.2, -0.15) is 0 Å². The van der Waals surface area contributed by atoms with Crippen LogP contribution in [0.3, 0.4) is 0 Å². The van der Waals surface area contributed by atoms with Crippen LogP contribution >= 0.6 is 0 Å². The summed E-state index contributed by atoms with van der Waals surface area (Å²) in [7, 11) is 4.22. The predicted molar refractivity (Wildman–Crippen MR) is 111 cm³/mol. The summed E-state index contributed by atoms with van der Waals surface area (Å²) < 4.78 is 6.12. The largest absolute Gasteiger partial charge is 0.489 e. The van der Waals surface area contributed by atoms with Crippen LogP contribution in [-0.4, -0.2) is 32.1 Å². The van der Waals surface area contributed by atoms with Gasteiger partial charge in [0.15, 0.2) is 0 Å². The Kier molecular flexibility index (Phi) is 9.94. The molecule has 0 aliphatic heterocycles. The number of nitrogens with zero attached hydrogens (tertiary/aromatic N) is 1. The monoisotopic (exact) mass is 341 g/mol. The molecule has 0 aromatic carbocycles. The fourth-order valence-electron chi connectivity index (χ4n) is 2.64. The summed E-state index contributed by atoms with van der Waals surface area (Å²) in [6.07, 6.45) is 18.3. The number of hydrogen-bond donors (Lipinski definition) is 0. The molecular weight excluding hydrogens is 306 g/mol. The van der Waals surface area contributed by atoms with Gasteiger partial charge in [-0.15, -0.1) is 0 Å². The molecule has 0 bridgehead atoms. The normalized spacial score (nSPS) is 16.7. The van der Waals surface area contributed by atoms with Crippen molar-refractivity contribution in [2.75, 3.05) is 27.2 Å². The Morgan fingerprint density at radius 2 is 2.04 bits per heavy atom. The molecule has 0 atom stereocenters. The van der Waals surface area contributed by atoms with Crippen molar-refractivity contribution in [3.05, 3.63) is 70.6 Å². The van der Waals surface area contributed by atoms with E-state index in [1.165, 1.54) is 22.3 Å². The number of hydrogen-bond acceptors (Lipinski definition) is 2. The third kappa shape index (κ3) is 8.22. The Labute approximate surface area is 154 Å². The van der Waals surface area contributed by atoms with Crippen molar-refractivity contribution in [2.45, 2.75) is 47.0 Å². The van der Waals surface area contributed by atoms with Crippen molar-refractivity contribution >= 4 is 0 Å². The summed E-state index contributed by atoms with van der Waals surface area (Å²) in [6.45, 7) is 10.3. The van der Waals surface area contributed by atoms with E-state index < -0.39 is 0 Å². The molecule has 2 heteroatoms. The topological polar surface area (TPSA) is 12.5 Å². The van der Waals surface area contributed by atoms with E-state index in [0.717, 1.165) is 31.6 Å². The maximum atomic E-state index is 6.12. The average molecular weight is 342 g/mol. The van der Waals surface area contributed by atoms with Gasteiger partial charge in [0.2, 0.25) is 0 Å². The average Bonchev–Trinajstić information content (AvgIpc) is 2.77. The summed E-state index contributed by atoms with van der Waals surface area (Å²) in [5, 5.41) is 0. The zero-order valence-electron chi connectivity index (χ0n) is 16.9. The van der Waals surface area contributed by atoms with Gasteiger partial charge in [0, 0.05) is 6.54 Å². The van der Waals surface area contributed by atoms with Crippen molar-refractivity contribution in [2.24, 2.45) is 0 Å². The second-order valence-electron chi connectivity index (χ2n) is 6.85. The molecule has 0 spiro atoms. The van der Waals surface area contributed by atoms with E-state index in [4.69, 9.17) is 4.74 Å². The third-order valence-electron chi connectivity index (χ3n) is 4.19. The molecule has 0 radical (unpaired) electrons. The summed E-state index contributed by atoms with van der Waals surface area (Å²) >= 11 is 0. The zero-order chi connectivity index (χ0) is 18.7. The van der Waals surface area contributed by atoms with Crippen molar-refractivity contribution < 1.29 is 4.74 Å². The summed E-state index contributed by atoms with van der Waals surface area (Å²) in [6, 6.07) is 0. The maximum Gasteiger partial charge on any atom is 0.119 e. The molecule has 0 amide bonds. The molecule has 1 aliphatic carbocycles. The maximum absolute atomic E-state index is 6.12. The van der Waals surface area contributed by atoms with Crippen molar-refractivity contribution in [3.63, 3.8) is 0 Å². The van der Waals surface area contributed by atoms with E-state index in [2.05, 4.69) is 89.2 Å². The van der Waals surface area contributed by atoms with Gasteiger partial charge in [-0.25, -0.2) is 0 Å². The Hall–Kier alpha value is -1.80. The molecule has 0 saturated carbocycles. The van der Waals surface area contributed by atoms with Gasteiger partial charge >= 0.3 is 0 Å². The van der Waals surface area contributed by atoms with Crippen LogP contribution in [0.15, 0.2) is 70.6 Å². The lowest BCUT2D eigenvalue weighted by molar-refractivity contribution is 0.246. The number of allylic oxidation sites excluding steroid dienone is 9. The lowest BCUT2D eigenvalue weighted by Crippen LogP contribution is -2.12. The third-order valence-corrected chi connectivity index (χ3v) is 4.19. The molecular formula is C23H35NO. The van der Waals surface area contributed by atoms with Gasteiger partial charge < -0.3 is 9.64 Å². The zero-order valence-corrected chi connectivity index (χ0v) is 16.9. The molecule has 0 unspecified atom stereocenters. The van der Waals surface area contributed by atoms with Crippen LogP contribution in [-0.2, 0) is 4.74 Å². The standard InChI is InChI=1S/C23H35NO/c1-7-8-15-22(19(2)14-12-17-24(5)6)21(4)18-25-23-16-11-9-10-13-20(23)3/h8-10,13-16H,7,11-12,17-18H2,1-6H3/b15-8-,19-14-,22-21-. The minimum absolute atomic E-state index is 0.624. The minimum atomic E-state index is 0.624. The van der Waals surface area contributed by atoms with Crippen LogP contribution in [0.5, 0.6) is 0 Å². The van der Waals surface area contributed by atoms with E-state index in [1.807, 2.05) is 0 Å². The lowest BCUT2D eigenvalue weighted by atomic mass is 10.0. The fourth-order valence-corrected chi connectivity index (χ4v) is 2.64. The fraction of sp³-hybridized carbons (Fsp3) is 0.478. The highest BCUT2D eigenvalue weighted by atomic mass is 16.5. The Balaban J connectivity index is 2.87. The molecule has 1 rings (SSSR count). The highest BCUT2D eigenvalue weighted by Crippen LogP contribution is 2.21. The Morgan fingerprint density at radius 1 is 1.28 bits per heavy atom. The molecule has 0 fully saturated rings. The minimum Gasteiger partial charge on any atom is -0.489 e. The summed E-state index contributed by atoms with van der Waals surface area (Å²) in [5.74, 6) is 0.998. The van der Waals surface area contributed by atoms with E-state index in [-0.39, 0.29) is 0 Å². The van der Waals surface area contributed by atoms with Crippen LogP contribution in [0.1, 0.15) is 47.0 Å². The first-order valence-electron chi connectivity index (χ1n) is 9.30. The highest BCUT2D eigenvalue weighted by Gasteiger charge is 2.07. The molecule has 1 aliphatic rings. The first-order valence-corrected chi connectivity index (χ1v) is 9.30. The van der Waals surface area contributed by atoms with Gasteiger partial charge in [0.1, 0.15) is 12.4 Å². The van der Waals surface area contributed by atoms with Gasteiger partial charge in [-0.3, -0.25) is 0 Å². The molecule has 0 N–H and O–H groups in total. The second-order valence-corrected chi connectivity index (χ2v) is 6.85. The number of ether oxygens (including phenoxy) is 1. The number of rotatable bonds is 9. The molecule has 0 heterocycles. The molecule has 25 heavy (non-hydrogen) atoms. The van der Waals surface area contributed by atoms with Crippen LogP contribution < -0.4 is 0 Å². The first-order chi connectivity index (χ1) is 12.0. The molecule has 138 valence electrons. The van der Waals surface area contributed by atoms with E-state index >= 15 is 0 Å². The Morgan fingerprint density at radius 3 is 2.72 bits per heavy atom. The van der Waals surface area contributed by atoms with Crippen molar-refractivity contribution in [1.29, 1.82) is 0 Å². The summed E-state index contributed by atoms with van der Waals surface area (Å²) in [5.41, 5.74) is 5.09.